The molecule has 5 heteroatoms. The maximum Gasteiger partial charge on any atom is 0.211 e. The Labute approximate surface area is 122 Å². The first kappa shape index (κ1) is 13.6. The van der Waals surface area contributed by atoms with Gasteiger partial charge in [0.2, 0.25) is 5.78 Å². The molecule has 1 aliphatic heterocycles. The molecule has 1 saturated heterocycles. The van der Waals surface area contributed by atoms with E-state index in [0.717, 1.165) is 38.0 Å². The molecule has 20 heavy (non-hydrogen) atoms. The number of furan rings is 1. The van der Waals surface area contributed by atoms with Gasteiger partial charge in [0, 0.05) is 18.5 Å². The van der Waals surface area contributed by atoms with Gasteiger partial charge >= 0.3 is 0 Å². The van der Waals surface area contributed by atoms with Crippen LogP contribution in [0.25, 0.3) is 11.0 Å². The fourth-order valence-electron chi connectivity index (χ4n) is 2.51. The number of benzene rings is 1. The van der Waals surface area contributed by atoms with E-state index in [1.165, 1.54) is 0 Å². The van der Waals surface area contributed by atoms with Gasteiger partial charge in [-0.05, 0) is 31.6 Å². The highest BCUT2D eigenvalue weighted by atomic mass is 35.5. The van der Waals surface area contributed by atoms with Crippen molar-refractivity contribution in [2.24, 2.45) is 0 Å². The number of halogens is 1. The molecule has 0 saturated carbocycles. The molecule has 0 amide bonds. The van der Waals surface area contributed by atoms with Gasteiger partial charge in [0.1, 0.15) is 0 Å². The van der Waals surface area contributed by atoms with Crippen LogP contribution in [0.15, 0.2) is 28.7 Å². The topological polar surface area (TPSA) is 45.5 Å². The largest absolute Gasteiger partial charge is 0.451 e. The number of nitrogens with zero attached hydrogens (tertiary/aromatic N) is 1. The van der Waals surface area contributed by atoms with Crippen LogP contribution in [0.1, 0.15) is 17.0 Å². The maximum absolute atomic E-state index is 12.3. The summed E-state index contributed by atoms with van der Waals surface area (Å²) in [4.78, 5) is 14.5. The summed E-state index contributed by atoms with van der Waals surface area (Å²) in [5, 5.41) is 4.74. The van der Waals surface area contributed by atoms with Crippen molar-refractivity contribution >= 4 is 28.4 Å². The Kier molecular flexibility index (Phi) is 4.05. The van der Waals surface area contributed by atoms with Crippen LogP contribution in [-0.2, 0) is 0 Å². The van der Waals surface area contributed by atoms with Crippen LogP contribution in [0.5, 0.6) is 0 Å². The maximum atomic E-state index is 12.3. The summed E-state index contributed by atoms with van der Waals surface area (Å²) < 4.78 is 5.61. The monoisotopic (exact) mass is 292 g/mol. The molecule has 106 valence electrons. The van der Waals surface area contributed by atoms with Crippen molar-refractivity contribution < 1.29 is 9.21 Å². The molecule has 0 atom stereocenters. The summed E-state index contributed by atoms with van der Waals surface area (Å²) in [6, 6.07) is 7.30. The fourth-order valence-corrected chi connectivity index (χ4v) is 2.73. The van der Waals surface area contributed by atoms with E-state index in [1.54, 1.807) is 12.1 Å². The smallest absolute Gasteiger partial charge is 0.211 e. The zero-order valence-electron chi connectivity index (χ0n) is 11.2. The average Bonchev–Trinajstić information content (AvgIpc) is 2.72. The first-order valence-electron chi connectivity index (χ1n) is 6.88. The quantitative estimate of drug-likeness (QED) is 0.883. The van der Waals surface area contributed by atoms with E-state index in [0.29, 0.717) is 22.9 Å². The fraction of sp³-hybridized carbons (Fsp3) is 0.400. The molecule has 3 rings (SSSR count). The molecule has 1 aromatic carbocycles. The van der Waals surface area contributed by atoms with Crippen molar-refractivity contribution in [1.82, 2.24) is 10.2 Å². The number of carbonyl (C=O) groups excluding carboxylic acids is 1. The van der Waals surface area contributed by atoms with Gasteiger partial charge < -0.3 is 9.73 Å². The first-order valence-corrected chi connectivity index (χ1v) is 7.26. The highest BCUT2D eigenvalue weighted by Crippen LogP contribution is 2.26. The van der Waals surface area contributed by atoms with Crippen molar-refractivity contribution in [3.05, 3.63) is 35.0 Å². The van der Waals surface area contributed by atoms with Gasteiger partial charge in [0.05, 0.1) is 11.6 Å². The third kappa shape index (κ3) is 2.87. The van der Waals surface area contributed by atoms with Crippen LogP contribution < -0.4 is 5.32 Å². The van der Waals surface area contributed by atoms with Gasteiger partial charge in [-0.2, -0.15) is 0 Å². The molecule has 1 N–H and O–H groups in total. The summed E-state index contributed by atoms with van der Waals surface area (Å²) >= 11 is 6.06. The third-order valence-electron chi connectivity index (χ3n) is 3.57. The minimum absolute atomic E-state index is 0.0131. The molecule has 1 aromatic heterocycles. The van der Waals surface area contributed by atoms with Crippen LogP contribution in [0.4, 0.5) is 0 Å². The van der Waals surface area contributed by atoms with Crippen molar-refractivity contribution in [2.75, 3.05) is 32.7 Å². The van der Waals surface area contributed by atoms with Crippen LogP contribution in [0, 0.1) is 0 Å². The normalized spacial score (nSPS) is 17.2. The number of carbonyl (C=O) groups is 1. The number of Topliss-reactive ketones (excluding diaryl/α,β-unsaturated/α-hetero) is 1. The Morgan fingerprint density at radius 3 is 3.10 bits per heavy atom. The van der Waals surface area contributed by atoms with Gasteiger partial charge in [-0.25, -0.2) is 0 Å². The summed E-state index contributed by atoms with van der Waals surface area (Å²) in [6.45, 7) is 4.19. The van der Waals surface area contributed by atoms with Crippen LogP contribution in [-0.4, -0.2) is 43.4 Å². The van der Waals surface area contributed by atoms with Crippen LogP contribution >= 0.6 is 11.6 Å². The molecule has 0 unspecified atom stereocenters. The number of hydrogen-bond donors (Lipinski definition) is 1. The number of nitrogens with one attached hydrogen (secondary N) is 1. The van der Waals surface area contributed by atoms with Crippen molar-refractivity contribution in [3.63, 3.8) is 0 Å². The highest BCUT2D eigenvalue weighted by molar-refractivity contribution is 6.34. The lowest BCUT2D eigenvalue weighted by molar-refractivity contribution is 0.0910. The molecule has 2 aromatic rings. The second-order valence-electron chi connectivity index (χ2n) is 5.07. The lowest BCUT2D eigenvalue weighted by Gasteiger charge is -2.17. The van der Waals surface area contributed by atoms with E-state index in [2.05, 4.69) is 10.2 Å². The van der Waals surface area contributed by atoms with Crippen LogP contribution in [0.3, 0.4) is 0 Å². The number of ketones is 1. The molecule has 4 nitrogen and oxygen atoms in total. The van der Waals surface area contributed by atoms with E-state index in [-0.39, 0.29) is 5.78 Å². The first-order chi connectivity index (χ1) is 9.74. The number of para-hydroxylation sites is 1. The highest BCUT2D eigenvalue weighted by Gasteiger charge is 2.18. The van der Waals surface area contributed by atoms with E-state index in [4.69, 9.17) is 16.0 Å². The molecule has 2 heterocycles. The summed E-state index contributed by atoms with van der Waals surface area (Å²) in [7, 11) is 0. The zero-order chi connectivity index (χ0) is 13.9. The van der Waals surface area contributed by atoms with E-state index in [1.807, 2.05) is 12.1 Å². The SMILES string of the molecule is O=C(CN1CCCNCC1)c1cc2cccc(Cl)c2o1. The second kappa shape index (κ2) is 5.95. The van der Waals surface area contributed by atoms with Crippen molar-refractivity contribution in [3.8, 4) is 0 Å². The lowest BCUT2D eigenvalue weighted by atomic mass is 10.2. The predicted molar refractivity (Wildman–Crippen MR) is 79.5 cm³/mol. The average molecular weight is 293 g/mol. The molecule has 0 radical (unpaired) electrons. The standard InChI is InChI=1S/C15H17ClN2O2/c16-12-4-1-3-11-9-14(20-15(11)12)13(19)10-18-7-2-5-17-6-8-18/h1,3-4,9,17H,2,5-8,10H2. The molecule has 1 aliphatic rings. The molecule has 0 spiro atoms. The second-order valence-corrected chi connectivity index (χ2v) is 5.48. The molecular formula is C15H17ClN2O2. The Bertz CT molecular complexity index is 615. The Morgan fingerprint density at radius 1 is 1.35 bits per heavy atom. The molecular weight excluding hydrogens is 276 g/mol. The Balaban J connectivity index is 1.76. The van der Waals surface area contributed by atoms with E-state index >= 15 is 0 Å². The lowest BCUT2D eigenvalue weighted by Crippen LogP contribution is -2.32. The summed E-state index contributed by atoms with van der Waals surface area (Å²) in [5.41, 5.74) is 0.593. The minimum atomic E-state index is 0.0131. The Hall–Kier alpha value is -1.36. The van der Waals surface area contributed by atoms with Gasteiger partial charge in [-0.15, -0.1) is 0 Å². The molecule has 0 bridgehead atoms. The Morgan fingerprint density at radius 2 is 2.25 bits per heavy atom. The van der Waals surface area contributed by atoms with E-state index < -0.39 is 0 Å². The predicted octanol–water partition coefficient (Wildman–Crippen LogP) is 2.56. The van der Waals surface area contributed by atoms with Gasteiger partial charge in [-0.3, -0.25) is 9.69 Å². The van der Waals surface area contributed by atoms with Gasteiger partial charge in [-0.1, -0.05) is 23.7 Å². The molecule has 1 fully saturated rings. The summed E-state index contributed by atoms with van der Waals surface area (Å²) in [6.07, 6.45) is 1.07. The zero-order valence-corrected chi connectivity index (χ0v) is 11.9. The number of rotatable bonds is 3. The van der Waals surface area contributed by atoms with Crippen LogP contribution in [0.2, 0.25) is 5.02 Å². The summed E-state index contributed by atoms with van der Waals surface area (Å²) in [5.74, 6) is 0.407. The minimum Gasteiger partial charge on any atom is -0.451 e. The number of fused-ring (bicyclic) bond motifs is 1. The van der Waals surface area contributed by atoms with Gasteiger partial charge in [0.15, 0.2) is 11.3 Å². The van der Waals surface area contributed by atoms with Crippen molar-refractivity contribution in [2.45, 2.75) is 6.42 Å². The number of hydrogen-bond acceptors (Lipinski definition) is 4. The van der Waals surface area contributed by atoms with Crippen molar-refractivity contribution in [1.29, 1.82) is 0 Å². The molecule has 0 aliphatic carbocycles. The van der Waals surface area contributed by atoms with Gasteiger partial charge in [0.25, 0.3) is 0 Å². The van der Waals surface area contributed by atoms with E-state index in [9.17, 15) is 4.79 Å². The third-order valence-corrected chi connectivity index (χ3v) is 3.87.